The monoisotopic (exact) mass is 808 g/mol. The van der Waals surface area contributed by atoms with Crippen molar-refractivity contribution < 1.29 is 32.3 Å². The molecule has 4 aromatic heterocycles. The number of anilines is 2. The molecule has 0 fully saturated rings. The molecule has 15 nitrogen and oxygen atoms in total. The Kier molecular flexibility index (Phi) is 12.6. The molecular weight excluding hydrogens is 776 g/mol. The predicted octanol–water partition coefficient (Wildman–Crippen LogP) is 6.32. The number of hydrogen-bond acceptors (Lipinski definition) is 9. The lowest BCUT2D eigenvalue weighted by atomic mass is 10.0. The van der Waals surface area contributed by atoms with Gasteiger partial charge in [-0.15, -0.1) is 0 Å². The third-order valence-corrected chi connectivity index (χ3v) is 8.38. The van der Waals surface area contributed by atoms with Crippen molar-refractivity contribution in [1.29, 1.82) is 0 Å². The first-order valence-corrected chi connectivity index (χ1v) is 17.5. The first-order valence-electron chi connectivity index (χ1n) is 17.5. The SMILES string of the molecule is Nc1ccc(-c2n[nH]c(=O)c3ccccc23)cc1.O=C(Nc1ccc(-c2n[nH]c(=O)c3ccccc23)cc1)c1ccn(CC(F)F)n1.O=C(O)c1ccn(CC(F)F)n1. The molecule has 0 atom stereocenters. The van der Waals surface area contributed by atoms with E-state index in [0.717, 1.165) is 37.0 Å². The third kappa shape index (κ3) is 10.3. The number of alkyl halides is 4. The van der Waals surface area contributed by atoms with E-state index >= 15 is 0 Å². The highest BCUT2D eigenvalue weighted by atomic mass is 19.3. The lowest BCUT2D eigenvalue weighted by molar-refractivity contribution is 0.0686. The number of nitrogens with two attached hydrogens (primary N) is 1. The first kappa shape index (κ1) is 40.7. The number of carboxylic acid groups (broad SMARTS) is 1. The van der Waals surface area contributed by atoms with E-state index < -0.39 is 37.8 Å². The maximum atomic E-state index is 12.4. The number of H-pyrrole nitrogens is 2. The fourth-order valence-corrected chi connectivity index (χ4v) is 5.66. The van der Waals surface area contributed by atoms with E-state index in [1.807, 2.05) is 54.6 Å². The highest BCUT2D eigenvalue weighted by Crippen LogP contribution is 2.26. The number of halogens is 4. The molecule has 0 aliphatic carbocycles. The summed E-state index contributed by atoms with van der Waals surface area (Å²) in [6, 6.07) is 31.4. The molecule has 0 radical (unpaired) electrons. The average molecular weight is 809 g/mol. The second kappa shape index (κ2) is 18.3. The van der Waals surface area contributed by atoms with Gasteiger partial charge in [0.2, 0.25) is 0 Å². The minimum absolute atomic E-state index is 0.0445. The van der Waals surface area contributed by atoms with Crippen LogP contribution in [0.3, 0.4) is 0 Å². The molecule has 0 saturated heterocycles. The lowest BCUT2D eigenvalue weighted by Gasteiger charge is -2.07. The average Bonchev–Trinajstić information content (AvgIpc) is 3.90. The smallest absolute Gasteiger partial charge is 0.356 e. The molecule has 8 aromatic rings. The molecule has 0 aliphatic rings. The molecule has 8 rings (SSSR count). The fraction of sp³-hybridized carbons (Fsp3) is 0.100. The van der Waals surface area contributed by atoms with Gasteiger partial charge in [0.25, 0.3) is 29.9 Å². The Balaban J connectivity index is 0.000000165. The van der Waals surface area contributed by atoms with Gasteiger partial charge in [0, 0.05) is 45.7 Å². The van der Waals surface area contributed by atoms with E-state index in [1.165, 1.54) is 24.5 Å². The Morgan fingerprint density at radius 1 is 0.627 bits per heavy atom. The van der Waals surface area contributed by atoms with Crippen LogP contribution in [0.5, 0.6) is 0 Å². The first-order chi connectivity index (χ1) is 28.4. The number of nitrogens with one attached hydrogen (secondary N) is 3. The van der Waals surface area contributed by atoms with E-state index in [0.29, 0.717) is 27.8 Å². The minimum atomic E-state index is -2.55. The minimum Gasteiger partial charge on any atom is -0.476 e. The van der Waals surface area contributed by atoms with Crippen LogP contribution in [-0.2, 0) is 13.1 Å². The van der Waals surface area contributed by atoms with E-state index in [-0.39, 0.29) is 22.5 Å². The van der Waals surface area contributed by atoms with Crippen molar-refractivity contribution in [3.05, 3.63) is 154 Å². The van der Waals surface area contributed by atoms with E-state index in [2.05, 4.69) is 35.9 Å². The largest absolute Gasteiger partial charge is 0.476 e. The number of rotatable bonds is 9. The molecule has 0 bridgehead atoms. The maximum Gasteiger partial charge on any atom is 0.356 e. The molecule has 0 saturated carbocycles. The van der Waals surface area contributed by atoms with Crippen molar-refractivity contribution in [2.45, 2.75) is 25.9 Å². The van der Waals surface area contributed by atoms with Gasteiger partial charge >= 0.3 is 5.97 Å². The van der Waals surface area contributed by atoms with Gasteiger partial charge < -0.3 is 16.2 Å². The van der Waals surface area contributed by atoms with Gasteiger partial charge in [-0.2, -0.15) is 20.4 Å². The Morgan fingerprint density at radius 3 is 1.49 bits per heavy atom. The summed E-state index contributed by atoms with van der Waals surface area (Å²) in [6.45, 7) is -1.14. The van der Waals surface area contributed by atoms with Crippen molar-refractivity contribution in [3.63, 3.8) is 0 Å². The van der Waals surface area contributed by atoms with Gasteiger partial charge in [-0.05, 0) is 48.5 Å². The third-order valence-electron chi connectivity index (χ3n) is 8.38. The molecule has 4 heterocycles. The summed E-state index contributed by atoms with van der Waals surface area (Å²) in [5, 5.41) is 34.3. The van der Waals surface area contributed by atoms with Crippen molar-refractivity contribution in [3.8, 4) is 22.5 Å². The highest BCUT2D eigenvalue weighted by molar-refractivity contribution is 6.03. The zero-order valence-corrected chi connectivity index (χ0v) is 30.5. The summed E-state index contributed by atoms with van der Waals surface area (Å²) in [6.07, 6.45) is -2.53. The number of aromatic amines is 2. The molecular formula is C40H32F4N10O5. The topological polar surface area (TPSA) is 220 Å². The zero-order chi connectivity index (χ0) is 42.1. The number of benzene rings is 4. The number of nitrogen functional groups attached to an aromatic ring is 1. The summed E-state index contributed by atoms with van der Waals surface area (Å²) >= 11 is 0. The number of amides is 1. The van der Waals surface area contributed by atoms with Crippen LogP contribution in [0, 0.1) is 0 Å². The number of carbonyl (C=O) groups excluding carboxylic acids is 1. The molecule has 59 heavy (non-hydrogen) atoms. The van der Waals surface area contributed by atoms with Gasteiger partial charge in [0.15, 0.2) is 11.4 Å². The van der Waals surface area contributed by atoms with Gasteiger partial charge in [0.05, 0.1) is 22.2 Å². The van der Waals surface area contributed by atoms with E-state index in [4.69, 9.17) is 10.8 Å². The van der Waals surface area contributed by atoms with Crippen molar-refractivity contribution >= 4 is 44.8 Å². The molecule has 300 valence electrons. The van der Waals surface area contributed by atoms with Crippen molar-refractivity contribution in [2.75, 3.05) is 11.1 Å². The zero-order valence-electron chi connectivity index (χ0n) is 30.5. The van der Waals surface area contributed by atoms with Gasteiger partial charge in [-0.3, -0.25) is 23.7 Å². The lowest BCUT2D eigenvalue weighted by Crippen LogP contribution is -2.14. The molecule has 6 N–H and O–H groups in total. The molecule has 19 heteroatoms. The highest BCUT2D eigenvalue weighted by Gasteiger charge is 2.14. The number of aromatic carboxylic acids is 1. The maximum absolute atomic E-state index is 12.4. The summed E-state index contributed by atoms with van der Waals surface area (Å²) in [5.41, 5.74) is 9.31. The van der Waals surface area contributed by atoms with Crippen LogP contribution >= 0.6 is 0 Å². The second-order valence-corrected chi connectivity index (χ2v) is 12.5. The number of aromatic nitrogens is 8. The van der Waals surface area contributed by atoms with Crippen LogP contribution in [-0.4, -0.2) is 69.8 Å². The summed E-state index contributed by atoms with van der Waals surface area (Å²) < 4.78 is 50.1. The standard InChI is InChI=1S/C20H15F2N5O2.C14H11N3O.C6H6F2N2O2/c21-17(22)11-27-10-9-16(26-27)20(29)23-13-7-5-12(6-8-13)18-14-3-1-2-4-15(14)19(28)25-24-18;15-10-7-5-9(6-8-10)13-11-3-1-2-4-12(11)14(18)17-16-13;7-5(8)3-10-2-1-4(9-10)6(11)12/h1-10,17H,11H2,(H,23,29)(H,25,28);1-8H,15H2,(H,17,18);1-2,5H,3H2,(H,11,12). The van der Waals surface area contributed by atoms with Crippen molar-refractivity contribution in [2.24, 2.45) is 0 Å². The molecule has 1 amide bonds. The summed E-state index contributed by atoms with van der Waals surface area (Å²) in [4.78, 5) is 46.1. The summed E-state index contributed by atoms with van der Waals surface area (Å²) in [7, 11) is 0. The predicted molar refractivity (Wildman–Crippen MR) is 211 cm³/mol. The molecule has 0 spiro atoms. The van der Waals surface area contributed by atoms with Crippen molar-refractivity contribution in [1.82, 2.24) is 40.0 Å². The number of carboxylic acids is 1. The quantitative estimate of drug-likeness (QED) is 0.0807. The second-order valence-electron chi connectivity index (χ2n) is 12.5. The van der Waals surface area contributed by atoms with Crippen LogP contribution in [0.1, 0.15) is 21.0 Å². The van der Waals surface area contributed by atoms with Crippen LogP contribution < -0.4 is 22.2 Å². The molecule has 0 unspecified atom stereocenters. The number of carbonyl (C=O) groups is 2. The Labute approximate surface area is 329 Å². The normalized spacial score (nSPS) is 10.9. The van der Waals surface area contributed by atoms with Gasteiger partial charge in [-0.25, -0.2) is 32.6 Å². The number of nitrogens with zero attached hydrogens (tertiary/aromatic N) is 6. The summed E-state index contributed by atoms with van der Waals surface area (Å²) in [5.74, 6) is -1.72. The molecule has 4 aromatic carbocycles. The van der Waals surface area contributed by atoms with E-state index in [1.54, 1.807) is 42.5 Å². The van der Waals surface area contributed by atoms with Crippen LogP contribution in [0.4, 0.5) is 28.9 Å². The van der Waals surface area contributed by atoms with Crippen LogP contribution in [0.15, 0.2) is 131 Å². The van der Waals surface area contributed by atoms with Gasteiger partial charge in [0.1, 0.15) is 13.1 Å². The fourth-order valence-electron chi connectivity index (χ4n) is 5.66. The van der Waals surface area contributed by atoms with Crippen LogP contribution in [0.2, 0.25) is 0 Å². The molecule has 0 aliphatic heterocycles. The van der Waals surface area contributed by atoms with Gasteiger partial charge in [-0.1, -0.05) is 60.7 Å². The van der Waals surface area contributed by atoms with E-state index in [9.17, 15) is 36.7 Å². The van der Waals surface area contributed by atoms with Crippen LogP contribution in [0.25, 0.3) is 44.1 Å². The number of fused-ring (bicyclic) bond motifs is 2. The Hall–Kier alpha value is -7.96. The Morgan fingerprint density at radius 2 is 1.05 bits per heavy atom. The Bertz CT molecular complexity index is 2840. The number of hydrogen-bond donors (Lipinski definition) is 5.